The van der Waals surface area contributed by atoms with Gasteiger partial charge in [-0.15, -0.1) is 0 Å². The largest absolute Gasteiger partial charge is 0.469 e. The SMILES string of the molecule is COC(=O)C(C)CN(C)C(=O)c1cc(C)ccc1N. The summed E-state index contributed by atoms with van der Waals surface area (Å²) in [6, 6.07) is 5.31. The van der Waals surface area contributed by atoms with Crippen molar-refractivity contribution in [2.24, 2.45) is 5.92 Å². The van der Waals surface area contributed by atoms with E-state index in [2.05, 4.69) is 4.74 Å². The van der Waals surface area contributed by atoms with Gasteiger partial charge in [0.05, 0.1) is 18.6 Å². The highest BCUT2D eigenvalue weighted by molar-refractivity contribution is 5.99. The highest BCUT2D eigenvalue weighted by Gasteiger charge is 2.20. The van der Waals surface area contributed by atoms with E-state index in [9.17, 15) is 9.59 Å². The lowest BCUT2D eigenvalue weighted by Gasteiger charge is -2.21. The summed E-state index contributed by atoms with van der Waals surface area (Å²) in [6.45, 7) is 3.90. The molecule has 0 fully saturated rings. The van der Waals surface area contributed by atoms with Crippen LogP contribution in [0.5, 0.6) is 0 Å². The van der Waals surface area contributed by atoms with Crippen molar-refractivity contribution in [2.75, 3.05) is 26.4 Å². The predicted molar refractivity (Wildman–Crippen MR) is 73.7 cm³/mol. The molecule has 104 valence electrons. The maximum Gasteiger partial charge on any atom is 0.310 e. The van der Waals surface area contributed by atoms with Gasteiger partial charge < -0.3 is 15.4 Å². The van der Waals surface area contributed by atoms with Crippen LogP contribution in [0.25, 0.3) is 0 Å². The molecule has 0 aliphatic carbocycles. The summed E-state index contributed by atoms with van der Waals surface area (Å²) in [6.07, 6.45) is 0. The third-order valence-electron chi connectivity index (χ3n) is 2.94. The van der Waals surface area contributed by atoms with E-state index in [1.807, 2.05) is 13.0 Å². The first kappa shape index (κ1) is 15.0. The van der Waals surface area contributed by atoms with Crippen LogP contribution in [0.2, 0.25) is 0 Å². The third kappa shape index (κ3) is 3.71. The van der Waals surface area contributed by atoms with Gasteiger partial charge in [0.25, 0.3) is 5.91 Å². The molecule has 5 heteroatoms. The smallest absolute Gasteiger partial charge is 0.310 e. The molecule has 0 saturated carbocycles. The van der Waals surface area contributed by atoms with Crippen LogP contribution >= 0.6 is 0 Å². The fourth-order valence-electron chi connectivity index (χ4n) is 1.83. The molecule has 1 atom stereocenters. The number of hydrogen-bond donors (Lipinski definition) is 1. The topological polar surface area (TPSA) is 72.6 Å². The second-order valence-electron chi connectivity index (χ2n) is 4.70. The van der Waals surface area contributed by atoms with E-state index >= 15 is 0 Å². The summed E-state index contributed by atoms with van der Waals surface area (Å²) in [5.41, 5.74) is 7.67. The first-order chi connectivity index (χ1) is 8.86. The van der Waals surface area contributed by atoms with Crippen LogP contribution in [0.15, 0.2) is 18.2 Å². The lowest BCUT2D eigenvalue weighted by atomic mass is 10.1. The Morgan fingerprint density at radius 2 is 2.05 bits per heavy atom. The van der Waals surface area contributed by atoms with Crippen LogP contribution in [0.3, 0.4) is 0 Å². The Morgan fingerprint density at radius 3 is 2.63 bits per heavy atom. The Bertz CT molecular complexity index is 486. The van der Waals surface area contributed by atoms with Gasteiger partial charge in [-0.05, 0) is 19.1 Å². The number of methoxy groups -OCH3 is 1. The molecule has 1 aromatic rings. The van der Waals surface area contributed by atoms with Crippen molar-refractivity contribution < 1.29 is 14.3 Å². The van der Waals surface area contributed by atoms with E-state index in [1.165, 1.54) is 12.0 Å². The summed E-state index contributed by atoms with van der Waals surface area (Å²) in [5, 5.41) is 0. The molecule has 1 rings (SSSR count). The van der Waals surface area contributed by atoms with Crippen molar-refractivity contribution in [3.63, 3.8) is 0 Å². The monoisotopic (exact) mass is 264 g/mol. The predicted octanol–water partition coefficient (Wildman–Crippen LogP) is 1.46. The number of aryl methyl sites for hydroxylation is 1. The number of carbonyl (C=O) groups is 2. The molecule has 1 amide bonds. The first-order valence-electron chi connectivity index (χ1n) is 6.06. The Morgan fingerprint density at radius 1 is 1.42 bits per heavy atom. The molecule has 0 bridgehead atoms. The zero-order valence-corrected chi connectivity index (χ0v) is 11.8. The minimum absolute atomic E-state index is 0.197. The Hall–Kier alpha value is -2.04. The Labute approximate surface area is 113 Å². The number of benzene rings is 1. The number of anilines is 1. The van der Waals surface area contributed by atoms with Gasteiger partial charge in [-0.2, -0.15) is 0 Å². The summed E-state index contributed by atoms with van der Waals surface area (Å²) in [7, 11) is 2.97. The summed E-state index contributed by atoms with van der Waals surface area (Å²) in [4.78, 5) is 25.1. The number of esters is 1. The molecule has 0 radical (unpaired) electrons. The average molecular weight is 264 g/mol. The third-order valence-corrected chi connectivity index (χ3v) is 2.94. The molecule has 19 heavy (non-hydrogen) atoms. The molecule has 1 aromatic carbocycles. The van der Waals surface area contributed by atoms with Gasteiger partial charge in [0, 0.05) is 19.3 Å². The van der Waals surface area contributed by atoms with Gasteiger partial charge in [0.15, 0.2) is 0 Å². The van der Waals surface area contributed by atoms with Crippen molar-refractivity contribution in [1.82, 2.24) is 4.90 Å². The number of nitrogens with two attached hydrogens (primary N) is 1. The van der Waals surface area contributed by atoms with Crippen molar-refractivity contribution in [3.05, 3.63) is 29.3 Å². The average Bonchev–Trinajstić information content (AvgIpc) is 2.39. The normalized spacial score (nSPS) is 11.8. The molecule has 2 N–H and O–H groups in total. The lowest BCUT2D eigenvalue weighted by molar-refractivity contribution is -0.145. The molecule has 1 unspecified atom stereocenters. The second-order valence-corrected chi connectivity index (χ2v) is 4.70. The van der Waals surface area contributed by atoms with Gasteiger partial charge in [-0.3, -0.25) is 9.59 Å². The minimum Gasteiger partial charge on any atom is -0.469 e. The number of hydrogen-bond acceptors (Lipinski definition) is 4. The molecule has 0 spiro atoms. The Balaban J connectivity index is 2.82. The molecular formula is C14H20N2O3. The molecule has 0 aromatic heterocycles. The fourth-order valence-corrected chi connectivity index (χ4v) is 1.83. The summed E-state index contributed by atoms with van der Waals surface area (Å²) in [5.74, 6) is -0.904. The van der Waals surface area contributed by atoms with E-state index in [0.29, 0.717) is 17.8 Å². The van der Waals surface area contributed by atoms with Gasteiger partial charge >= 0.3 is 5.97 Å². The minimum atomic E-state index is -0.370. The number of carbonyl (C=O) groups excluding carboxylic acids is 2. The maximum absolute atomic E-state index is 12.3. The quantitative estimate of drug-likeness (QED) is 0.660. The standard InChI is InChI=1S/C14H20N2O3/c1-9-5-6-12(15)11(7-9)13(17)16(3)8-10(2)14(18)19-4/h5-7,10H,8,15H2,1-4H3. The van der Waals surface area contributed by atoms with Crippen LogP contribution in [0.1, 0.15) is 22.8 Å². The van der Waals surface area contributed by atoms with Crippen molar-refractivity contribution in [1.29, 1.82) is 0 Å². The van der Waals surface area contributed by atoms with Crippen LogP contribution in [0.4, 0.5) is 5.69 Å². The van der Waals surface area contributed by atoms with E-state index in [1.54, 1.807) is 26.1 Å². The lowest BCUT2D eigenvalue weighted by Crippen LogP contribution is -2.34. The number of nitrogens with zero attached hydrogens (tertiary/aromatic N) is 1. The number of ether oxygens (including phenoxy) is 1. The van der Waals surface area contributed by atoms with E-state index in [-0.39, 0.29) is 17.8 Å². The molecular weight excluding hydrogens is 244 g/mol. The number of amides is 1. The summed E-state index contributed by atoms with van der Waals surface area (Å²) < 4.78 is 4.64. The maximum atomic E-state index is 12.3. The zero-order valence-electron chi connectivity index (χ0n) is 11.8. The molecule has 0 saturated heterocycles. The zero-order chi connectivity index (χ0) is 14.6. The van der Waals surface area contributed by atoms with Crippen molar-refractivity contribution >= 4 is 17.6 Å². The van der Waals surface area contributed by atoms with Crippen molar-refractivity contribution in [3.8, 4) is 0 Å². The van der Waals surface area contributed by atoms with Gasteiger partial charge in [-0.25, -0.2) is 0 Å². The van der Waals surface area contributed by atoms with E-state index < -0.39 is 0 Å². The van der Waals surface area contributed by atoms with Crippen LogP contribution in [0, 0.1) is 12.8 Å². The van der Waals surface area contributed by atoms with Crippen LogP contribution in [-0.4, -0.2) is 37.5 Å². The van der Waals surface area contributed by atoms with Crippen molar-refractivity contribution in [2.45, 2.75) is 13.8 Å². The van der Waals surface area contributed by atoms with Gasteiger partial charge in [0.2, 0.25) is 0 Å². The van der Waals surface area contributed by atoms with E-state index in [0.717, 1.165) is 5.56 Å². The molecule has 0 aliphatic rings. The van der Waals surface area contributed by atoms with E-state index in [4.69, 9.17) is 5.73 Å². The highest BCUT2D eigenvalue weighted by Crippen LogP contribution is 2.16. The molecule has 5 nitrogen and oxygen atoms in total. The Kier molecular flexibility index (Phi) is 4.92. The van der Waals surface area contributed by atoms with Crippen LogP contribution in [-0.2, 0) is 9.53 Å². The summed E-state index contributed by atoms with van der Waals surface area (Å²) >= 11 is 0. The second kappa shape index (κ2) is 6.22. The van der Waals surface area contributed by atoms with Crippen LogP contribution < -0.4 is 5.73 Å². The van der Waals surface area contributed by atoms with Gasteiger partial charge in [-0.1, -0.05) is 18.6 Å². The highest BCUT2D eigenvalue weighted by atomic mass is 16.5. The molecule has 0 aliphatic heterocycles. The van der Waals surface area contributed by atoms with Gasteiger partial charge in [0.1, 0.15) is 0 Å². The molecule has 0 heterocycles. The number of rotatable bonds is 4. The number of nitrogen functional groups attached to an aromatic ring is 1. The first-order valence-corrected chi connectivity index (χ1v) is 6.06. The fraction of sp³-hybridized carbons (Fsp3) is 0.429.